The van der Waals surface area contributed by atoms with E-state index < -0.39 is 0 Å². The minimum absolute atomic E-state index is 0.0105. The van der Waals surface area contributed by atoms with E-state index in [1.165, 1.54) is 11.1 Å². The Balaban J connectivity index is 1.16. The zero-order valence-electron chi connectivity index (χ0n) is 21.6. The van der Waals surface area contributed by atoms with Gasteiger partial charge in [-0.15, -0.1) is 5.10 Å². The maximum atomic E-state index is 12.9. The first-order valence-corrected chi connectivity index (χ1v) is 12.4. The number of benzene rings is 3. The Hall–Kier alpha value is -4.66. The van der Waals surface area contributed by atoms with Gasteiger partial charge in [-0.25, -0.2) is 0 Å². The molecule has 9 nitrogen and oxygen atoms in total. The second kappa shape index (κ2) is 10.4. The maximum Gasteiger partial charge on any atom is 0.281 e. The zero-order chi connectivity index (χ0) is 26.7. The summed E-state index contributed by atoms with van der Waals surface area (Å²) in [6, 6.07) is 22.7. The number of fused-ring (bicyclic) bond motifs is 1. The molecule has 0 saturated heterocycles. The molecule has 1 aliphatic heterocycles. The van der Waals surface area contributed by atoms with E-state index in [-0.39, 0.29) is 29.4 Å². The van der Waals surface area contributed by atoms with Crippen molar-refractivity contribution in [2.45, 2.75) is 38.8 Å². The van der Waals surface area contributed by atoms with E-state index in [0.29, 0.717) is 17.9 Å². The fourth-order valence-corrected chi connectivity index (χ4v) is 4.13. The van der Waals surface area contributed by atoms with Crippen LogP contribution in [-0.4, -0.2) is 39.1 Å². The third-order valence-electron chi connectivity index (χ3n) is 5.87. The van der Waals surface area contributed by atoms with Crippen LogP contribution in [-0.2, 0) is 0 Å². The molecule has 0 aliphatic carbocycles. The van der Waals surface area contributed by atoms with E-state index >= 15 is 0 Å². The molecule has 194 valence electrons. The van der Waals surface area contributed by atoms with Crippen LogP contribution in [0, 0.1) is 0 Å². The van der Waals surface area contributed by atoms with Crippen LogP contribution in [0.4, 0.5) is 17.6 Å². The van der Waals surface area contributed by atoms with Crippen molar-refractivity contribution in [1.29, 1.82) is 0 Å². The minimum atomic E-state index is -0.386. The number of ether oxygens (including phenoxy) is 2. The molecule has 3 aromatic carbocycles. The Bertz CT molecular complexity index is 1450. The van der Waals surface area contributed by atoms with Crippen molar-refractivity contribution in [3.05, 3.63) is 89.5 Å². The fraction of sp³-hybridized carbons (Fsp3) is 0.241. The predicted molar refractivity (Wildman–Crippen MR) is 148 cm³/mol. The number of aliphatic imine (C=N–C) groups is 1. The van der Waals surface area contributed by atoms with Crippen LogP contribution >= 0.6 is 0 Å². The van der Waals surface area contributed by atoms with Gasteiger partial charge in [0.05, 0.1) is 12.6 Å². The van der Waals surface area contributed by atoms with E-state index in [2.05, 4.69) is 32.5 Å². The first-order chi connectivity index (χ1) is 18.2. The van der Waals surface area contributed by atoms with Crippen molar-refractivity contribution in [3.8, 4) is 11.5 Å². The van der Waals surface area contributed by atoms with Crippen molar-refractivity contribution in [1.82, 2.24) is 14.8 Å². The van der Waals surface area contributed by atoms with Gasteiger partial charge in [0.1, 0.15) is 17.1 Å². The Morgan fingerprint density at radius 2 is 1.71 bits per heavy atom. The number of carbonyl (C=O) groups is 1. The normalized spacial score (nSPS) is 14.2. The van der Waals surface area contributed by atoms with Gasteiger partial charge < -0.3 is 20.5 Å². The molecule has 5 rings (SSSR count). The summed E-state index contributed by atoms with van der Waals surface area (Å²) in [5, 5.41) is 7.32. The first-order valence-electron chi connectivity index (χ1n) is 12.4. The second-order valence-corrected chi connectivity index (χ2v) is 9.96. The quantitative estimate of drug-likeness (QED) is 0.325. The number of nitrogens with one attached hydrogen (secondary N) is 1. The summed E-state index contributed by atoms with van der Waals surface area (Å²) in [6.45, 7) is 6.44. The number of nitrogens with zero attached hydrogens (tertiary/aromatic N) is 4. The molecule has 1 unspecified atom stereocenters. The highest BCUT2D eigenvalue weighted by atomic mass is 16.5. The van der Waals surface area contributed by atoms with Gasteiger partial charge in [0.2, 0.25) is 11.9 Å². The van der Waals surface area contributed by atoms with Crippen molar-refractivity contribution in [2.24, 2.45) is 4.99 Å². The number of hydrogen-bond acceptors (Lipinski definition) is 8. The molecule has 0 spiro atoms. The largest absolute Gasteiger partial charge is 0.494 e. The van der Waals surface area contributed by atoms with Crippen molar-refractivity contribution >= 4 is 29.7 Å². The topological polar surface area (TPSA) is 117 Å². The van der Waals surface area contributed by atoms with Gasteiger partial charge in [-0.2, -0.15) is 9.67 Å². The number of hydrogen-bond donors (Lipinski definition) is 2. The van der Waals surface area contributed by atoms with Crippen molar-refractivity contribution < 1.29 is 14.3 Å². The van der Waals surface area contributed by atoms with Gasteiger partial charge in [-0.3, -0.25) is 9.79 Å². The lowest BCUT2D eigenvalue weighted by Gasteiger charge is -2.21. The summed E-state index contributed by atoms with van der Waals surface area (Å²) in [5.74, 6) is 1.24. The molecule has 1 aliphatic rings. The van der Waals surface area contributed by atoms with E-state index in [4.69, 9.17) is 15.2 Å². The lowest BCUT2D eigenvalue weighted by atomic mass is 10.0. The molecule has 0 fully saturated rings. The first kappa shape index (κ1) is 25.0. The van der Waals surface area contributed by atoms with Crippen molar-refractivity contribution in [2.75, 3.05) is 17.7 Å². The highest BCUT2D eigenvalue weighted by Crippen LogP contribution is 2.29. The van der Waals surface area contributed by atoms with Crippen molar-refractivity contribution in [3.63, 3.8) is 0 Å². The lowest BCUT2D eigenvalue weighted by Crippen LogP contribution is -2.23. The van der Waals surface area contributed by atoms with Crippen LogP contribution in [0.15, 0.2) is 77.8 Å². The van der Waals surface area contributed by atoms with Gasteiger partial charge in [0.25, 0.3) is 5.91 Å². The summed E-state index contributed by atoms with van der Waals surface area (Å²) in [6.07, 6.45) is 2.73. The third-order valence-corrected chi connectivity index (χ3v) is 5.87. The smallest absolute Gasteiger partial charge is 0.281 e. The minimum Gasteiger partial charge on any atom is -0.494 e. The summed E-state index contributed by atoms with van der Waals surface area (Å²) >= 11 is 0. The van der Waals surface area contributed by atoms with E-state index in [0.717, 1.165) is 22.5 Å². The molecule has 38 heavy (non-hydrogen) atoms. The van der Waals surface area contributed by atoms with Gasteiger partial charge in [-0.05, 0) is 80.4 Å². The zero-order valence-corrected chi connectivity index (χ0v) is 21.6. The molecule has 9 heteroatoms. The third kappa shape index (κ3) is 5.83. The number of aromatic nitrogens is 3. The standard InChI is InChI=1S/C29H30N6O3/c1-29(2,3)38-23-12-8-19(9-13-23)26(36)35-27(30)33-28(34-35)32-21-10-14-22(15-11-21)37-17-16-25-24-7-5-4-6-20(24)18-31-25/h4-15,18,25H,16-17H2,1-3H3,(H3,30,32,33,34). The van der Waals surface area contributed by atoms with E-state index in [1.54, 1.807) is 24.3 Å². The summed E-state index contributed by atoms with van der Waals surface area (Å²) in [7, 11) is 0. The van der Waals surface area contributed by atoms with Gasteiger partial charge in [0, 0.05) is 23.9 Å². The number of carbonyl (C=O) groups excluding carboxylic acids is 1. The number of nitrogens with two attached hydrogens (primary N) is 1. The Morgan fingerprint density at radius 3 is 2.45 bits per heavy atom. The number of rotatable bonds is 8. The van der Waals surface area contributed by atoms with Crippen LogP contribution < -0.4 is 20.5 Å². The Labute approximate surface area is 221 Å². The predicted octanol–water partition coefficient (Wildman–Crippen LogP) is 5.41. The van der Waals surface area contributed by atoms with E-state index in [1.807, 2.05) is 63.4 Å². The highest BCUT2D eigenvalue weighted by Gasteiger charge is 2.19. The van der Waals surface area contributed by atoms with Gasteiger partial charge in [-0.1, -0.05) is 24.3 Å². The molecular formula is C29H30N6O3. The van der Waals surface area contributed by atoms with Crippen LogP contribution in [0.5, 0.6) is 11.5 Å². The van der Waals surface area contributed by atoms with Crippen LogP contribution in [0.1, 0.15) is 54.7 Å². The SMILES string of the molecule is CC(C)(C)Oc1ccc(C(=O)n2nc(Nc3ccc(OCCC4N=Cc5ccccc54)cc3)nc2N)cc1. The van der Waals surface area contributed by atoms with Crippen LogP contribution in [0.2, 0.25) is 0 Å². The Morgan fingerprint density at radius 1 is 1.00 bits per heavy atom. The molecule has 0 radical (unpaired) electrons. The fourth-order valence-electron chi connectivity index (χ4n) is 4.13. The summed E-state index contributed by atoms with van der Waals surface area (Å²) in [4.78, 5) is 21.7. The average molecular weight is 511 g/mol. The Kier molecular flexibility index (Phi) is 6.83. The van der Waals surface area contributed by atoms with Crippen LogP contribution in [0.25, 0.3) is 0 Å². The lowest BCUT2D eigenvalue weighted by molar-refractivity contribution is 0.0948. The monoisotopic (exact) mass is 510 g/mol. The van der Waals surface area contributed by atoms with Crippen LogP contribution in [0.3, 0.4) is 0 Å². The average Bonchev–Trinajstić information content (AvgIpc) is 3.47. The summed E-state index contributed by atoms with van der Waals surface area (Å²) in [5.41, 5.74) is 9.23. The molecule has 3 N–H and O–H groups in total. The second-order valence-electron chi connectivity index (χ2n) is 9.96. The molecule has 0 saturated carbocycles. The van der Waals surface area contributed by atoms with Gasteiger partial charge in [0.15, 0.2) is 0 Å². The molecule has 1 atom stereocenters. The summed E-state index contributed by atoms with van der Waals surface area (Å²) < 4.78 is 12.8. The van der Waals surface area contributed by atoms with Gasteiger partial charge >= 0.3 is 0 Å². The molecular weight excluding hydrogens is 480 g/mol. The molecule has 1 aromatic heterocycles. The molecule has 4 aromatic rings. The number of anilines is 3. The molecule has 2 heterocycles. The number of nitrogen functional groups attached to an aromatic ring is 1. The van der Waals surface area contributed by atoms with E-state index in [9.17, 15) is 4.79 Å². The molecule has 0 bridgehead atoms. The highest BCUT2D eigenvalue weighted by molar-refractivity contribution is 5.97. The maximum absolute atomic E-state index is 12.9. The molecule has 0 amide bonds.